The lowest BCUT2D eigenvalue weighted by Gasteiger charge is -2.24. The topological polar surface area (TPSA) is 99.9 Å². The molecule has 1 aliphatic heterocycles. The molecule has 43 heavy (non-hydrogen) atoms. The Morgan fingerprint density at radius 3 is 2.28 bits per heavy atom. The molecule has 0 saturated carbocycles. The van der Waals surface area contributed by atoms with Crippen molar-refractivity contribution in [3.05, 3.63) is 77.6 Å². The third kappa shape index (κ3) is 6.56. The number of alkyl halides is 1. The van der Waals surface area contributed by atoms with Gasteiger partial charge in [0.25, 0.3) is 11.8 Å². The molecule has 0 aliphatic carbocycles. The number of furan rings is 1. The summed E-state index contributed by atoms with van der Waals surface area (Å²) in [7, 11) is -2.48. The Bertz CT molecular complexity index is 1730. The maximum Gasteiger partial charge on any atom is 0.255 e. The first-order valence-corrected chi connectivity index (χ1v) is 16.0. The minimum atomic E-state index is -3.94. The van der Waals surface area contributed by atoms with Gasteiger partial charge in [-0.25, -0.2) is 17.2 Å². The van der Waals surface area contributed by atoms with Crippen molar-refractivity contribution in [1.82, 2.24) is 10.2 Å². The van der Waals surface area contributed by atoms with Crippen LogP contribution in [0.25, 0.3) is 33.4 Å². The molecule has 0 radical (unpaired) electrons. The van der Waals surface area contributed by atoms with E-state index in [0.29, 0.717) is 40.7 Å². The lowest BCUT2D eigenvalue weighted by Crippen LogP contribution is -2.32. The number of anilines is 1. The number of hydrogen-bond donors (Lipinski definition) is 1. The summed E-state index contributed by atoms with van der Waals surface area (Å²) in [4.78, 5) is 28.1. The molecule has 4 aromatic rings. The smallest absolute Gasteiger partial charge is 0.255 e. The molecule has 228 valence electrons. The van der Waals surface area contributed by atoms with Gasteiger partial charge < -0.3 is 14.6 Å². The van der Waals surface area contributed by atoms with Crippen LogP contribution in [0.1, 0.15) is 47.4 Å². The molecule has 0 unspecified atom stereocenters. The number of carbonyl (C=O) groups excluding carboxylic acids is 2. The van der Waals surface area contributed by atoms with E-state index in [1.54, 1.807) is 35.2 Å². The molecule has 2 heterocycles. The van der Waals surface area contributed by atoms with E-state index >= 15 is 0 Å². The second-order valence-electron chi connectivity index (χ2n) is 9.86. The first-order valence-electron chi connectivity index (χ1n) is 14.1. The number of fused-ring (bicyclic) bond motifs is 1. The average Bonchev–Trinajstić information content (AvgIpc) is 3.68. The summed E-state index contributed by atoms with van der Waals surface area (Å²) in [6.07, 6.45) is 2.84. The number of hydrogen-bond acceptors (Lipinski definition) is 5. The molecule has 11 heteroatoms. The molecule has 1 aromatic heterocycles. The van der Waals surface area contributed by atoms with Gasteiger partial charge in [0, 0.05) is 48.3 Å². The lowest BCUT2D eigenvalue weighted by molar-refractivity contribution is 0.0792. The molecular formula is C32H35F2N3O5S. The number of sulfonamides is 1. The van der Waals surface area contributed by atoms with Crippen LogP contribution in [0.15, 0.2) is 65.1 Å². The Balaban J connectivity index is 0.00000207. The Morgan fingerprint density at radius 2 is 1.67 bits per heavy atom. The van der Waals surface area contributed by atoms with Gasteiger partial charge in [0.1, 0.15) is 23.8 Å². The summed E-state index contributed by atoms with van der Waals surface area (Å²) < 4.78 is 60.0. The molecule has 1 N–H and O–H groups in total. The molecule has 0 atom stereocenters. The second kappa shape index (κ2) is 13.4. The molecule has 5 rings (SSSR count). The van der Waals surface area contributed by atoms with Gasteiger partial charge in [-0.05, 0) is 60.9 Å². The molecule has 1 saturated heterocycles. The average molecular weight is 612 g/mol. The highest BCUT2D eigenvalue weighted by molar-refractivity contribution is 7.92. The first kappa shape index (κ1) is 31.7. The maximum atomic E-state index is 13.7. The number of likely N-dealkylation sites (tertiary alicyclic amines) is 1. The van der Waals surface area contributed by atoms with Crippen molar-refractivity contribution in [2.75, 3.05) is 43.9 Å². The van der Waals surface area contributed by atoms with Gasteiger partial charge in [0.15, 0.2) is 0 Å². The highest BCUT2D eigenvalue weighted by Gasteiger charge is 2.28. The number of rotatable bonds is 8. The third-order valence-corrected chi connectivity index (χ3v) is 8.32. The summed E-state index contributed by atoms with van der Waals surface area (Å²) in [6, 6.07) is 15.3. The number of halogens is 2. The predicted octanol–water partition coefficient (Wildman–Crippen LogP) is 6.26. The van der Waals surface area contributed by atoms with Crippen molar-refractivity contribution >= 4 is 38.5 Å². The second-order valence-corrected chi connectivity index (χ2v) is 11.8. The van der Waals surface area contributed by atoms with E-state index in [0.717, 1.165) is 23.4 Å². The van der Waals surface area contributed by atoms with Gasteiger partial charge >= 0.3 is 0 Å². The number of amides is 2. The quantitative estimate of drug-likeness (QED) is 0.254. The van der Waals surface area contributed by atoms with Gasteiger partial charge in [-0.15, -0.1) is 0 Å². The van der Waals surface area contributed by atoms with Crippen LogP contribution in [-0.2, 0) is 10.0 Å². The van der Waals surface area contributed by atoms with Crippen LogP contribution in [0.4, 0.5) is 14.5 Å². The molecular weight excluding hydrogens is 576 g/mol. The van der Waals surface area contributed by atoms with E-state index in [9.17, 15) is 26.8 Å². The fourth-order valence-electron chi connectivity index (χ4n) is 5.19. The maximum absolute atomic E-state index is 13.7. The highest BCUT2D eigenvalue weighted by Crippen LogP contribution is 2.42. The first-order chi connectivity index (χ1) is 20.6. The molecule has 2 amide bonds. The van der Waals surface area contributed by atoms with Crippen LogP contribution >= 0.6 is 0 Å². The number of benzene rings is 3. The summed E-state index contributed by atoms with van der Waals surface area (Å²) in [5.74, 6) is -0.904. The standard InChI is InChI=1S/C30H29F2N3O5S.C2H6/c1-33-29(36)27-24-17-23(20-6-5-7-21(16-20)30(37)34-13-3-4-14-34)25(35(15-12-31)41(2,38)39)18-26(24)40-28(27)19-8-10-22(32)11-9-19;1-2/h5-11,16-18H,3-4,12-15H2,1-2H3,(H,33,36);1-2H3. The van der Waals surface area contributed by atoms with Crippen molar-refractivity contribution in [3.63, 3.8) is 0 Å². The van der Waals surface area contributed by atoms with Crippen LogP contribution < -0.4 is 9.62 Å². The number of nitrogens with one attached hydrogen (secondary N) is 1. The third-order valence-electron chi connectivity index (χ3n) is 7.14. The molecule has 3 aromatic carbocycles. The fourth-order valence-corrected chi connectivity index (χ4v) is 6.10. The van der Waals surface area contributed by atoms with E-state index in [4.69, 9.17) is 4.42 Å². The van der Waals surface area contributed by atoms with Crippen molar-refractivity contribution in [2.45, 2.75) is 26.7 Å². The summed E-state index contributed by atoms with van der Waals surface area (Å²) in [6.45, 7) is 3.93. The van der Waals surface area contributed by atoms with Crippen LogP contribution in [0.3, 0.4) is 0 Å². The zero-order chi connectivity index (χ0) is 31.3. The molecule has 0 bridgehead atoms. The van der Waals surface area contributed by atoms with E-state index in [1.165, 1.54) is 37.4 Å². The van der Waals surface area contributed by atoms with E-state index in [2.05, 4.69) is 5.32 Å². The van der Waals surface area contributed by atoms with E-state index in [1.807, 2.05) is 13.8 Å². The van der Waals surface area contributed by atoms with Gasteiger partial charge in [0.2, 0.25) is 10.0 Å². The minimum absolute atomic E-state index is 0.131. The normalized spacial score (nSPS) is 13.0. The summed E-state index contributed by atoms with van der Waals surface area (Å²) in [5.41, 5.74) is 2.21. The molecule has 1 fully saturated rings. The molecule has 1 aliphatic rings. The van der Waals surface area contributed by atoms with Gasteiger partial charge in [-0.2, -0.15) is 0 Å². The van der Waals surface area contributed by atoms with Crippen LogP contribution in [0.2, 0.25) is 0 Å². The van der Waals surface area contributed by atoms with Gasteiger partial charge in [-0.3, -0.25) is 13.9 Å². The minimum Gasteiger partial charge on any atom is -0.455 e. The zero-order valence-corrected chi connectivity index (χ0v) is 25.4. The van der Waals surface area contributed by atoms with Gasteiger partial charge in [-0.1, -0.05) is 26.0 Å². The van der Waals surface area contributed by atoms with Crippen molar-refractivity contribution in [2.24, 2.45) is 0 Å². The molecule has 0 spiro atoms. The zero-order valence-electron chi connectivity index (χ0n) is 24.6. The predicted molar refractivity (Wildman–Crippen MR) is 165 cm³/mol. The Kier molecular flexibility index (Phi) is 9.85. The van der Waals surface area contributed by atoms with Crippen molar-refractivity contribution < 1.29 is 31.2 Å². The molecule has 8 nitrogen and oxygen atoms in total. The largest absolute Gasteiger partial charge is 0.455 e. The van der Waals surface area contributed by atoms with Crippen LogP contribution in [0.5, 0.6) is 0 Å². The van der Waals surface area contributed by atoms with E-state index < -0.39 is 35.0 Å². The van der Waals surface area contributed by atoms with E-state index in [-0.39, 0.29) is 28.5 Å². The van der Waals surface area contributed by atoms with Crippen molar-refractivity contribution in [1.29, 1.82) is 0 Å². The Morgan fingerprint density at radius 1 is 1.00 bits per heavy atom. The van der Waals surface area contributed by atoms with Gasteiger partial charge in [0.05, 0.1) is 24.1 Å². The number of nitrogens with zero attached hydrogens (tertiary/aromatic N) is 2. The van der Waals surface area contributed by atoms with Crippen molar-refractivity contribution in [3.8, 4) is 22.5 Å². The summed E-state index contributed by atoms with van der Waals surface area (Å²) in [5, 5.41) is 2.97. The highest BCUT2D eigenvalue weighted by atomic mass is 32.2. The fraction of sp³-hybridized carbons (Fsp3) is 0.312. The lowest BCUT2D eigenvalue weighted by atomic mass is 9.97. The van der Waals surface area contributed by atoms with Crippen LogP contribution in [0, 0.1) is 5.82 Å². The SMILES string of the molecule is CC.CNC(=O)c1c(-c2ccc(F)cc2)oc2cc(N(CCF)S(C)(=O)=O)c(-c3cccc(C(=O)N4CCCC4)c3)cc12. The number of carbonyl (C=O) groups is 2. The Hall–Kier alpha value is -4.25. The monoisotopic (exact) mass is 611 g/mol. The Labute approximate surface area is 250 Å². The summed E-state index contributed by atoms with van der Waals surface area (Å²) >= 11 is 0. The van der Waals surface area contributed by atoms with Crippen LogP contribution in [-0.4, -0.2) is 64.7 Å².